The molecule has 0 radical (unpaired) electrons. The molecule has 150 valence electrons. The first-order chi connectivity index (χ1) is 12.5. The SMILES string of the molecule is CCS(=O)(=O)NCCCNC(=NC)N1CCN(C(=O)C2CCCO2)CC1. The van der Waals surface area contributed by atoms with Gasteiger partial charge in [-0.2, -0.15) is 0 Å². The van der Waals surface area contributed by atoms with Crippen molar-refractivity contribution in [2.75, 3.05) is 58.7 Å². The maximum absolute atomic E-state index is 12.4. The van der Waals surface area contributed by atoms with Crippen LogP contribution >= 0.6 is 0 Å². The van der Waals surface area contributed by atoms with E-state index in [0.717, 1.165) is 31.9 Å². The summed E-state index contributed by atoms with van der Waals surface area (Å²) in [6, 6.07) is 0. The van der Waals surface area contributed by atoms with Crippen molar-refractivity contribution < 1.29 is 17.9 Å². The number of nitrogens with one attached hydrogen (secondary N) is 2. The third kappa shape index (κ3) is 6.10. The first-order valence-electron chi connectivity index (χ1n) is 9.30. The number of carbonyl (C=O) groups is 1. The molecule has 0 bridgehead atoms. The number of sulfonamides is 1. The number of rotatable bonds is 7. The van der Waals surface area contributed by atoms with Gasteiger partial charge in [0.15, 0.2) is 5.96 Å². The minimum Gasteiger partial charge on any atom is -0.368 e. The van der Waals surface area contributed by atoms with E-state index in [0.29, 0.717) is 39.2 Å². The van der Waals surface area contributed by atoms with Gasteiger partial charge in [-0.05, 0) is 26.2 Å². The second-order valence-corrected chi connectivity index (χ2v) is 8.53. The summed E-state index contributed by atoms with van der Waals surface area (Å²) < 4.78 is 30.8. The summed E-state index contributed by atoms with van der Waals surface area (Å²) in [7, 11) is -1.41. The van der Waals surface area contributed by atoms with Crippen LogP contribution in [0.5, 0.6) is 0 Å². The molecule has 2 aliphatic rings. The summed E-state index contributed by atoms with van der Waals surface area (Å²) in [6.45, 7) is 6.11. The number of nitrogens with zero attached hydrogens (tertiary/aromatic N) is 3. The fraction of sp³-hybridized carbons (Fsp3) is 0.875. The number of aliphatic imine (C=N–C) groups is 1. The number of carbonyl (C=O) groups excluding carboxylic acids is 1. The van der Waals surface area contributed by atoms with Crippen LogP contribution in [0.1, 0.15) is 26.2 Å². The fourth-order valence-electron chi connectivity index (χ4n) is 3.07. The Bertz CT molecular complexity index is 581. The Kier molecular flexibility index (Phi) is 8.11. The van der Waals surface area contributed by atoms with Crippen LogP contribution < -0.4 is 10.0 Å². The Hall–Kier alpha value is -1.39. The van der Waals surface area contributed by atoms with Crippen molar-refractivity contribution in [1.82, 2.24) is 19.8 Å². The minimum absolute atomic E-state index is 0.0942. The Morgan fingerprint density at radius 3 is 2.46 bits per heavy atom. The summed E-state index contributed by atoms with van der Waals surface area (Å²) in [5.74, 6) is 0.984. The van der Waals surface area contributed by atoms with Crippen molar-refractivity contribution in [2.24, 2.45) is 4.99 Å². The van der Waals surface area contributed by atoms with Gasteiger partial charge in [0, 0.05) is 52.9 Å². The van der Waals surface area contributed by atoms with Crippen LogP contribution in [0, 0.1) is 0 Å². The van der Waals surface area contributed by atoms with Crippen molar-refractivity contribution in [3.05, 3.63) is 0 Å². The second-order valence-electron chi connectivity index (χ2n) is 6.44. The van der Waals surface area contributed by atoms with E-state index in [2.05, 4.69) is 19.9 Å². The monoisotopic (exact) mass is 389 g/mol. The lowest BCUT2D eigenvalue weighted by Crippen LogP contribution is -2.55. The molecule has 0 aromatic rings. The molecule has 1 atom stereocenters. The predicted octanol–water partition coefficient (Wildman–Crippen LogP) is -0.786. The molecule has 10 heteroatoms. The van der Waals surface area contributed by atoms with Gasteiger partial charge in [0.25, 0.3) is 5.91 Å². The highest BCUT2D eigenvalue weighted by Gasteiger charge is 2.30. The van der Waals surface area contributed by atoms with E-state index in [4.69, 9.17) is 4.74 Å². The quantitative estimate of drug-likeness (QED) is 0.336. The molecule has 0 saturated carbocycles. The van der Waals surface area contributed by atoms with E-state index < -0.39 is 10.0 Å². The molecule has 9 nitrogen and oxygen atoms in total. The smallest absolute Gasteiger partial charge is 0.251 e. The molecule has 2 saturated heterocycles. The van der Waals surface area contributed by atoms with Crippen LogP contribution in [-0.2, 0) is 19.6 Å². The average Bonchev–Trinajstić information content (AvgIpc) is 3.19. The second kappa shape index (κ2) is 10.1. The lowest BCUT2D eigenvalue weighted by Gasteiger charge is -2.37. The molecule has 2 N–H and O–H groups in total. The third-order valence-electron chi connectivity index (χ3n) is 4.65. The first kappa shape index (κ1) is 20.9. The molecule has 2 fully saturated rings. The van der Waals surface area contributed by atoms with Crippen molar-refractivity contribution in [2.45, 2.75) is 32.3 Å². The molecule has 0 aromatic heterocycles. The molecule has 26 heavy (non-hydrogen) atoms. The zero-order valence-electron chi connectivity index (χ0n) is 15.7. The number of hydrogen-bond acceptors (Lipinski definition) is 5. The largest absolute Gasteiger partial charge is 0.368 e. The van der Waals surface area contributed by atoms with Gasteiger partial charge >= 0.3 is 0 Å². The Balaban J connectivity index is 1.68. The van der Waals surface area contributed by atoms with E-state index in [1.54, 1.807) is 14.0 Å². The number of hydrogen-bond donors (Lipinski definition) is 2. The van der Waals surface area contributed by atoms with Crippen LogP contribution in [-0.4, -0.2) is 94.9 Å². The molecule has 0 aliphatic carbocycles. The van der Waals surface area contributed by atoms with Crippen molar-refractivity contribution in [1.29, 1.82) is 0 Å². The maximum atomic E-state index is 12.4. The van der Waals surface area contributed by atoms with Crippen molar-refractivity contribution in [3.63, 3.8) is 0 Å². The zero-order valence-corrected chi connectivity index (χ0v) is 16.6. The molecule has 0 spiro atoms. The molecule has 1 unspecified atom stereocenters. The van der Waals surface area contributed by atoms with Crippen LogP contribution in [0.15, 0.2) is 4.99 Å². The molecule has 2 aliphatic heterocycles. The van der Waals surface area contributed by atoms with Crippen LogP contribution in [0.2, 0.25) is 0 Å². The number of ether oxygens (including phenoxy) is 1. The summed E-state index contributed by atoms with van der Waals surface area (Å²) >= 11 is 0. The standard InChI is InChI=1S/C16H31N5O4S/c1-3-26(23,24)19-8-5-7-18-16(17-2)21-11-9-20(10-12-21)15(22)14-6-4-13-25-14/h14,19H,3-13H2,1-2H3,(H,17,18). The number of piperazine rings is 1. The van der Waals surface area contributed by atoms with E-state index in [1.807, 2.05) is 4.90 Å². The van der Waals surface area contributed by atoms with Crippen molar-refractivity contribution in [3.8, 4) is 0 Å². The van der Waals surface area contributed by atoms with Gasteiger partial charge in [0.1, 0.15) is 6.10 Å². The summed E-state index contributed by atoms with van der Waals surface area (Å²) in [6.07, 6.45) is 2.20. The normalized spacial score (nSPS) is 21.9. The van der Waals surface area contributed by atoms with Gasteiger partial charge in [0.05, 0.1) is 5.75 Å². The van der Waals surface area contributed by atoms with Crippen LogP contribution in [0.25, 0.3) is 0 Å². The highest BCUT2D eigenvalue weighted by Crippen LogP contribution is 2.16. The van der Waals surface area contributed by atoms with E-state index in [9.17, 15) is 13.2 Å². The average molecular weight is 390 g/mol. The Morgan fingerprint density at radius 2 is 1.88 bits per heavy atom. The van der Waals surface area contributed by atoms with Gasteiger partial charge in [-0.15, -0.1) is 0 Å². The first-order valence-corrected chi connectivity index (χ1v) is 11.0. The lowest BCUT2D eigenvalue weighted by atomic mass is 10.2. The molecular weight excluding hydrogens is 358 g/mol. The highest BCUT2D eigenvalue weighted by molar-refractivity contribution is 7.89. The van der Waals surface area contributed by atoms with Gasteiger partial charge in [-0.3, -0.25) is 9.79 Å². The zero-order chi connectivity index (χ0) is 19.0. The van der Waals surface area contributed by atoms with Crippen LogP contribution in [0.3, 0.4) is 0 Å². The summed E-state index contributed by atoms with van der Waals surface area (Å²) in [5.41, 5.74) is 0. The molecule has 2 heterocycles. The van der Waals surface area contributed by atoms with Crippen molar-refractivity contribution >= 4 is 21.9 Å². The van der Waals surface area contributed by atoms with E-state index >= 15 is 0 Å². The number of guanidine groups is 1. The molecule has 0 aromatic carbocycles. The van der Waals surface area contributed by atoms with Gasteiger partial charge in [-0.25, -0.2) is 13.1 Å². The van der Waals surface area contributed by atoms with E-state index in [-0.39, 0.29) is 17.8 Å². The van der Waals surface area contributed by atoms with Gasteiger partial charge < -0.3 is 19.9 Å². The predicted molar refractivity (Wildman–Crippen MR) is 101 cm³/mol. The summed E-state index contributed by atoms with van der Waals surface area (Å²) in [4.78, 5) is 20.7. The van der Waals surface area contributed by atoms with Gasteiger partial charge in [0.2, 0.25) is 10.0 Å². The topological polar surface area (TPSA) is 103 Å². The Labute approximate surface area is 156 Å². The Morgan fingerprint density at radius 1 is 1.19 bits per heavy atom. The van der Waals surface area contributed by atoms with Crippen LogP contribution in [0.4, 0.5) is 0 Å². The highest BCUT2D eigenvalue weighted by atomic mass is 32.2. The maximum Gasteiger partial charge on any atom is 0.251 e. The molecule has 2 rings (SSSR count). The molecule has 1 amide bonds. The minimum atomic E-state index is -3.13. The third-order valence-corrected chi connectivity index (χ3v) is 6.05. The van der Waals surface area contributed by atoms with E-state index in [1.165, 1.54) is 0 Å². The molecular formula is C16H31N5O4S. The number of amides is 1. The summed E-state index contributed by atoms with van der Waals surface area (Å²) in [5, 5.41) is 3.26. The van der Waals surface area contributed by atoms with Gasteiger partial charge in [-0.1, -0.05) is 0 Å². The fourth-order valence-corrected chi connectivity index (χ4v) is 3.72. The lowest BCUT2D eigenvalue weighted by molar-refractivity contribution is -0.142.